The van der Waals surface area contributed by atoms with Crippen LogP contribution in [0, 0.1) is 23.5 Å². The van der Waals surface area contributed by atoms with Crippen LogP contribution in [0.1, 0.15) is 34.3 Å². The van der Waals surface area contributed by atoms with Gasteiger partial charge in [-0.25, -0.2) is 13.6 Å². The van der Waals surface area contributed by atoms with Crippen LogP contribution in [-0.4, -0.2) is 39.6 Å². The molecule has 5 atom stereocenters. The van der Waals surface area contributed by atoms with Gasteiger partial charge < -0.3 is 20.1 Å². The number of aliphatic hydroxyl groups is 2. The summed E-state index contributed by atoms with van der Waals surface area (Å²) in [5.74, 6) is -8.69. The summed E-state index contributed by atoms with van der Waals surface area (Å²) in [5, 5.41) is 29.7. The predicted molar refractivity (Wildman–Crippen MR) is 109 cm³/mol. The summed E-state index contributed by atoms with van der Waals surface area (Å²) in [6, 6.07) is 6.91. The third-order valence-corrected chi connectivity index (χ3v) is 6.44. The second kappa shape index (κ2) is 8.79. The minimum atomic E-state index is -3.89. The van der Waals surface area contributed by atoms with Crippen LogP contribution < -0.4 is 4.74 Å². The number of rotatable bonds is 5. The Morgan fingerprint density at radius 2 is 1.91 bits per heavy atom. The number of hydrogen-bond acceptors (Lipinski definition) is 4. The van der Waals surface area contributed by atoms with Crippen LogP contribution in [0.2, 0.25) is 0 Å². The lowest BCUT2D eigenvalue weighted by Gasteiger charge is -2.23. The van der Waals surface area contributed by atoms with Crippen molar-refractivity contribution >= 4 is 5.97 Å². The summed E-state index contributed by atoms with van der Waals surface area (Å²) in [5.41, 5.74) is -0.985. The zero-order valence-electron chi connectivity index (χ0n) is 17.3. The molecule has 5 nitrogen and oxygen atoms in total. The van der Waals surface area contributed by atoms with Gasteiger partial charge in [-0.1, -0.05) is 30.4 Å². The quantitative estimate of drug-likeness (QED) is 0.457. The highest BCUT2D eigenvalue weighted by atomic mass is 19.3. The second-order valence-electron chi connectivity index (χ2n) is 8.39. The standard InChI is InChI=1S/C24H22F4O5/c25-17-4-2-1-3-16(17)24(27,28)20(30)10-9-13-14-7-5-12-6-8-15(23(31)32)21(26)22(12)33-19(14)11-18(13)29/h1-4,6,8-10,13-14,18-20,29-30H,5,7,11H2,(H,31,32)/b10-9+/t13-,14-,18-,19+,20?/m1/s1. The molecule has 1 saturated carbocycles. The molecule has 1 aliphatic heterocycles. The van der Waals surface area contributed by atoms with Crippen molar-refractivity contribution in [2.24, 2.45) is 11.8 Å². The zero-order chi connectivity index (χ0) is 23.9. The molecule has 9 heteroatoms. The molecule has 3 N–H and O–H groups in total. The topological polar surface area (TPSA) is 87.0 Å². The lowest BCUT2D eigenvalue weighted by molar-refractivity contribution is -0.0953. The maximum Gasteiger partial charge on any atom is 0.338 e. The average molecular weight is 466 g/mol. The van der Waals surface area contributed by atoms with Crippen molar-refractivity contribution in [2.45, 2.75) is 43.5 Å². The van der Waals surface area contributed by atoms with Crippen LogP contribution in [0.5, 0.6) is 5.75 Å². The third kappa shape index (κ3) is 4.22. The van der Waals surface area contributed by atoms with Crippen LogP contribution >= 0.6 is 0 Å². The normalized spacial score (nSPS) is 25.8. The van der Waals surface area contributed by atoms with Crippen LogP contribution in [0.15, 0.2) is 48.6 Å². The molecular formula is C24H22F4O5. The molecule has 1 heterocycles. The van der Waals surface area contributed by atoms with Crippen molar-refractivity contribution < 1.29 is 42.4 Å². The lowest BCUT2D eigenvalue weighted by Crippen LogP contribution is -2.31. The van der Waals surface area contributed by atoms with Gasteiger partial charge in [0.1, 0.15) is 18.0 Å². The predicted octanol–water partition coefficient (Wildman–Crippen LogP) is 4.06. The summed E-state index contributed by atoms with van der Waals surface area (Å²) in [4.78, 5) is 11.2. The SMILES string of the molecule is O=C(O)c1ccc2c(c1F)O[C@H]1C[C@@H](O)[C@H](/C=C/C(O)C(F)(F)c3ccccc3F)[C@H]1CC2. The summed E-state index contributed by atoms with van der Waals surface area (Å²) in [6.45, 7) is 0. The molecule has 0 spiro atoms. The number of carboxylic acid groups (broad SMARTS) is 1. The monoisotopic (exact) mass is 466 g/mol. The molecule has 176 valence electrons. The van der Waals surface area contributed by atoms with Gasteiger partial charge in [0, 0.05) is 18.3 Å². The fourth-order valence-corrected chi connectivity index (χ4v) is 4.69. The fourth-order valence-electron chi connectivity index (χ4n) is 4.69. The summed E-state index contributed by atoms with van der Waals surface area (Å²) >= 11 is 0. The van der Waals surface area contributed by atoms with Gasteiger partial charge in [-0.2, -0.15) is 8.78 Å². The van der Waals surface area contributed by atoms with Gasteiger partial charge in [-0.05, 0) is 36.6 Å². The van der Waals surface area contributed by atoms with E-state index >= 15 is 0 Å². The van der Waals surface area contributed by atoms with Gasteiger partial charge in [-0.3, -0.25) is 0 Å². The molecule has 0 radical (unpaired) electrons. The van der Waals surface area contributed by atoms with Crippen LogP contribution in [0.4, 0.5) is 17.6 Å². The Labute approximate surface area is 186 Å². The Hall–Kier alpha value is -2.91. The van der Waals surface area contributed by atoms with E-state index in [0.717, 1.165) is 24.3 Å². The number of aliphatic hydroxyl groups excluding tert-OH is 2. The fraction of sp³-hybridized carbons (Fsp3) is 0.375. The molecule has 0 bridgehead atoms. The molecule has 0 amide bonds. The molecular weight excluding hydrogens is 444 g/mol. The molecule has 4 rings (SSSR count). The molecule has 0 aromatic heterocycles. The Kier molecular flexibility index (Phi) is 6.20. The molecule has 1 unspecified atom stereocenters. The Morgan fingerprint density at radius 3 is 2.61 bits per heavy atom. The van der Waals surface area contributed by atoms with Crippen molar-refractivity contribution in [3.8, 4) is 5.75 Å². The number of carboxylic acids is 1. The minimum Gasteiger partial charge on any atom is -0.487 e. The largest absolute Gasteiger partial charge is 0.487 e. The lowest BCUT2D eigenvalue weighted by atomic mass is 9.87. The average Bonchev–Trinajstić information content (AvgIpc) is 2.93. The van der Waals surface area contributed by atoms with Crippen LogP contribution in [0.3, 0.4) is 0 Å². The number of aryl methyl sites for hydroxylation is 1. The number of fused-ring (bicyclic) bond motifs is 2. The van der Waals surface area contributed by atoms with Crippen LogP contribution in [0.25, 0.3) is 0 Å². The van der Waals surface area contributed by atoms with Crippen molar-refractivity contribution in [1.82, 2.24) is 0 Å². The Morgan fingerprint density at radius 1 is 1.18 bits per heavy atom. The number of benzene rings is 2. The first kappa shape index (κ1) is 23.3. The Bertz CT molecular complexity index is 1090. The molecule has 33 heavy (non-hydrogen) atoms. The van der Waals surface area contributed by atoms with E-state index in [0.29, 0.717) is 18.4 Å². The van der Waals surface area contributed by atoms with E-state index in [9.17, 15) is 32.6 Å². The van der Waals surface area contributed by atoms with Gasteiger partial charge >= 0.3 is 11.9 Å². The van der Waals surface area contributed by atoms with Gasteiger partial charge in [0.05, 0.1) is 17.2 Å². The highest BCUT2D eigenvalue weighted by Crippen LogP contribution is 2.44. The third-order valence-electron chi connectivity index (χ3n) is 6.44. The van der Waals surface area contributed by atoms with E-state index < -0.39 is 58.9 Å². The molecule has 0 saturated heterocycles. The van der Waals surface area contributed by atoms with E-state index in [4.69, 9.17) is 9.84 Å². The summed E-state index contributed by atoms with van der Waals surface area (Å²) in [7, 11) is 0. The number of hydrogen-bond donors (Lipinski definition) is 3. The van der Waals surface area contributed by atoms with Crippen molar-refractivity contribution in [3.63, 3.8) is 0 Å². The number of alkyl halides is 2. The first-order valence-electron chi connectivity index (χ1n) is 10.5. The molecule has 2 aromatic carbocycles. The first-order chi connectivity index (χ1) is 15.6. The van der Waals surface area contributed by atoms with E-state index in [-0.39, 0.29) is 18.1 Å². The summed E-state index contributed by atoms with van der Waals surface area (Å²) in [6.07, 6.45) is -1.06. The van der Waals surface area contributed by atoms with Gasteiger partial charge in [0.15, 0.2) is 11.6 Å². The van der Waals surface area contributed by atoms with Crippen molar-refractivity contribution in [3.05, 3.63) is 76.9 Å². The molecule has 2 aliphatic rings. The highest BCUT2D eigenvalue weighted by Gasteiger charge is 2.46. The first-order valence-corrected chi connectivity index (χ1v) is 10.5. The molecule has 1 aliphatic carbocycles. The van der Waals surface area contributed by atoms with Crippen molar-refractivity contribution in [2.75, 3.05) is 0 Å². The van der Waals surface area contributed by atoms with E-state index in [2.05, 4.69) is 0 Å². The smallest absolute Gasteiger partial charge is 0.338 e. The van der Waals surface area contributed by atoms with Gasteiger partial charge in [-0.15, -0.1) is 0 Å². The molecule has 1 fully saturated rings. The summed E-state index contributed by atoms with van der Waals surface area (Å²) < 4.78 is 63.4. The maximum atomic E-state index is 14.7. The number of aromatic carboxylic acids is 1. The zero-order valence-corrected chi connectivity index (χ0v) is 17.3. The minimum absolute atomic E-state index is 0.0790. The highest BCUT2D eigenvalue weighted by molar-refractivity contribution is 5.88. The van der Waals surface area contributed by atoms with E-state index in [1.54, 1.807) is 0 Å². The van der Waals surface area contributed by atoms with Crippen molar-refractivity contribution in [1.29, 1.82) is 0 Å². The maximum absolute atomic E-state index is 14.7. The van der Waals surface area contributed by atoms with Gasteiger partial charge in [0.2, 0.25) is 0 Å². The van der Waals surface area contributed by atoms with Crippen LogP contribution in [-0.2, 0) is 12.3 Å². The Balaban J connectivity index is 1.55. The second-order valence-corrected chi connectivity index (χ2v) is 8.39. The molecule has 2 aromatic rings. The van der Waals surface area contributed by atoms with Gasteiger partial charge in [0.25, 0.3) is 0 Å². The van der Waals surface area contributed by atoms with E-state index in [1.807, 2.05) is 0 Å². The number of carbonyl (C=O) groups is 1. The number of halogens is 4. The number of ether oxygens (including phenoxy) is 1. The van der Waals surface area contributed by atoms with E-state index in [1.165, 1.54) is 24.3 Å².